The number of hydrogen-bond donors (Lipinski definition) is 1. The number of anilines is 2. The van der Waals surface area contributed by atoms with Crippen LogP contribution in [0.25, 0.3) is 0 Å². The molecule has 136 valence electrons. The topological polar surface area (TPSA) is 87.7 Å². The van der Waals surface area contributed by atoms with E-state index in [-0.39, 0.29) is 12.0 Å². The van der Waals surface area contributed by atoms with E-state index in [1.165, 1.54) is 6.20 Å². The molecule has 3 heterocycles. The number of amides is 2. The minimum atomic E-state index is -0.265. The molecule has 26 heavy (non-hydrogen) atoms. The molecule has 2 aromatic rings. The van der Waals surface area contributed by atoms with Crippen LogP contribution in [0.5, 0.6) is 0 Å². The Morgan fingerprint density at radius 2 is 1.96 bits per heavy atom. The number of ether oxygens (including phenoxy) is 1. The van der Waals surface area contributed by atoms with Gasteiger partial charge in [0.2, 0.25) is 0 Å². The lowest BCUT2D eigenvalue weighted by molar-refractivity contribution is 0.102. The Balaban J connectivity index is 1.55. The van der Waals surface area contributed by atoms with Gasteiger partial charge < -0.3 is 19.9 Å². The number of carbonyl (C=O) groups excluding carboxylic acids is 2. The average molecular weight is 355 g/mol. The molecule has 1 saturated heterocycles. The van der Waals surface area contributed by atoms with Gasteiger partial charge in [-0.05, 0) is 31.2 Å². The Hall–Kier alpha value is -3.16. The fraction of sp³-hybridized carbons (Fsp3) is 0.333. The van der Waals surface area contributed by atoms with Crippen LogP contribution in [-0.2, 0) is 4.74 Å². The molecule has 0 spiro atoms. The summed E-state index contributed by atoms with van der Waals surface area (Å²) in [6, 6.07) is 7.08. The first-order valence-electron chi connectivity index (χ1n) is 8.51. The van der Waals surface area contributed by atoms with Crippen molar-refractivity contribution >= 4 is 23.5 Å². The molecule has 1 fully saturated rings. The van der Waals surface area contributed by atoms with Gasteiger partial charge >= 0.3 is 6.09 Å². The highest BCUT2D eigenvalue weighted by Crippen LogP contribution is 2.18. The largest absolute Gasteiger partial charge is 0.450 e. The van der Waals surface area contributed by atoms with Crippen molar-refractivity contribution in [2.24, 2.45) is 0 Å². The van der Waals surface area contributed by atoms with Gasteiger partial charge in [0, 0.05) is 38.6 Å². The number of piperazine rings is 1. The van der Waals surface area contributed by atoms with E-state index in [0.29, 0.717) is 44.2 Å². The Morgan fingerprint density at radius 3 is 2.58 bits per heavy atom. The van der Waals surface area contributed by atoms with Gasteiger partial charge in [0.05, 0.1) is 24.1 Å². The number of rotatable bonds is 4. The second-order valence-corrected chi connectivity index (χ2v) is 5.77. The van der Waals surface area contributed by atoms with Crippen LogP contribution in [0, 0.1) is 0 Å². The monoisotopic (exact) mass is 355 g/mol. The van der Waals surface area contributed by atoms with Gasteiger partial charge in [-0.15, -0.1) is 0 Å². The summed E-state index contributed by atoms with van der Waals surface area (Å²) < 4.78 is 5.02. The second-order valence-electron chi connectivity index (χ2n) is 5.77. The predicted octanol–water partition coefficient (Wildman–Crippen LogP) is 2.01. The maximum Gasteiger partial charge on any atom is 0.409 e. The summed E-state index contributed by atoms with van der Waals surface area (Å²) in [6.45, 7) is 4.82. The van der Waals surface area contributed by atoms with Crippen molar-refractivity contribution < 1.29 is 14.3 Å². The van der Waals surface area contributed by atoms with Gasteiger partial charge in [0.25, 0.3) is 5.91 Å². The summed E-state index contributed by atoms with van der Waals surface area (Å²) >= 11 is 0. The van der Waals surface area contributed by atoms with Crippen LogP contribution < -0.4 is 10.2 Å². The summed E-state index contributed by atoms with van der Waals surface area (Å²) in [5, 5.41) is 2.75. The zero-order valence-corrected chi connectivity index (χ0v) is 14.6. The van der Waals surface area contributed by atoms with Crippen molar-refractivity contribution in [2.75, 3.05) is 43.0 Å². The number of nitrogens with one attached hydrogen (secondary N) is 1. The zero-order chi connectivity index (χ0) is 18.4. The van der Waals surface area contributed by atoms with E-state index in [0.717, 1.165) is 5.69 Å². The standard InChI is InChI=1S/C18H21N5O3/c1-2-26-18(25)23-10-8-22(9-11-23)15-5-6-16(20-13-15)21-17(24)14-4-3-7-19-12-14/h3-7,12-13H,2,8-11H2,1H3,(H,20,21,24). The lowest BCUT2D eigenvalue weighted by Gasteiger charge is -2.35. The Morgan fingerprint density at radius 1 is 1.15 bits per heavy atom. The van der Waals surface area contributed by atoms with Crippen LogP contribution >= 0.6 is 0 Å². The summed E-state index contributed by atoms with van der Waals surface area (Å²) in [4.78, 5) is 35.9. The Bertz CT molecular complexity index is 743. The molecule has 8 nitrogen and oxygen atoms in total. The molecule has 0 bridgehead atoms. The van der Waals surface area contributed by atoms with E-state index in [1.54, 1.807) is 42.4 Å². The van der Waals surface area contributed by atoms with Crippen molar-refractivity contribution in [3.05, 3.63) is 48.4 Å². The first-order chi connectivity index (χ1) is 12.7. The second kappa shape index (κ2) is 8.28. The van der Waals surface area contributed by atoms with Crippen LogP contribution in [0.2, 0.25) is 0 Å². The fourth-order valence-corrected chi connectivity index (χ4v) is 2.69. The normalized spacial score (nSPS) is 14.0. The summed E-state index contributed by atoms with van der Waals surface area (Å²) in [5.74, 6) is 0.231. The van der Waals surface area contributed by atoms with Crippen molar-refractivity contribution in [3.63, 3.8) is 0 Å². The number of hydrogen-bond acceptors (Lipinski definition) is 6. The third-order valence-corrected chi connectivity index (χ3v) is 4.08. The van der Waals surface area contributed by atoms with Crippen molar-refractivity contribution in [1.29, 1.82) is 0 Å². The van der Waals surface area contributed by atoms with Gasteiger partial charge in [0.15, 0.2) is 0 Å². The smallest absolute Gasteiger partial charge is 0.409 e. The maximum atomic E-state index is 12.1. The number of pyridine rings is 2. The highest BCUT2D eigenvalue weighted by atomic mass is 16.6. The zero-order valence-electron chi connectivity index (χ0n) is 14.6. The minimum absolute atomic E-state index is 0.249. The molecule has 0 aliphatic carbocycles. The van der Waals surface area contributed by atoms with Crippen molar-refractivity contribution in [2.45, 2.75) is 6.92 Å². The maximum absolute atomic E-state index is 12.1. The quantitative estimate of drug-likeness (QED) is 0.903. The molecule has 3 rings (SSSR count). The first kappa shape index (κ1) is 17.7. The number of nitrogens with zero attached hydrogens (tertiary/aromatic N) is 4. The lowest BCUT2D eigenvalue weighted by atomic mass is 10.2. The molecule has 1 aliphatic rings. The third kappa shape index (κ3) is 4.27. The average Bonchev–Trinajstić information content (AvgIpc) is 2.69. The van der Waals surface area contributed by atoms with Gasteiger partial charge in [-0.25, -0.2) is 9.78 Å². The van der Waals surface area contributed by atoms with Crippen LogP contribution in [0.4, 0.5) is 16.3 Å². The van der Waals surface area contributed by atoms with Crippen LogP contribution in [0.3, 0.4) is 0 Å². The molecule has 0 radical (unpaired) electrons. The lowest BCUT2D eigenvalue weighted by Crippen LogP contribution is -2.49. The van der Waals surface area contributed by atoms with E-state index in [2.05, 4.69) is 20.2 Å². The molecule has 0 aromatic carbocycles. The van der Waals surface area contributed by atoms with Gasteiger partial charge in [-0.3, -0.25) is 9.78 Å². The number of carbonyl (C=O) groups is 2. The molecular formula is C18H21N5O3. The minimum Gasteiger partial charge on any atom is -0.450 e. The Kier molecular flexibility index (Phi) is 5.62. The van der Waals surface area contributed by atoms with Gasteiger partial charge in [0.1, 0.15) is 5.82 Å². The molecule has 1 N–H and O–H groups in total. The molecule has 0 unspecified atom stereocenters. The summed E-state index contributed by atoms with van der Waals surface area (Å²) in [5.41, 5.74) is 1.43. The van der Waals surface area contributed by atoms with Crippen LogP contribution in [0.15, 0.2) is 42.9 Å². The van der Waals surface area contributed by atoms with E-state index in [1.807, 2.05) is 6.07 Å². The summed E-state index contributed by atoms with van der Waals surface area (Å²) in [6.07, 6.45) is 4.58. The fourth-order valence-electron chi connectivity index (χ4n) is 2.69. The van der Waals surface area contributed by atoms with E-state index in [9.17, 15) is 9.59 Å². The van der Waals surface area contributed by atoms with Crippen LogP contribution in [-0.4, -0.2) is 59.7 Å². The third-order valence-electron chi connectivity index (χ3n) is 4.08. The predicted molar refractivity (Wildman–Crippen MR) is 97.2 cm³/mol. The molecule has 0 atom stereocenters. The molecule has 2 aromatic heterocycles. The SMILES string of the molecule is CCOC(=O)N1CCN(c2ccc(NC(=O)c3cccnc3)nc2)CC1. The van der Waals surface area contributed by atoms with Gasteiger partial charge in [-0.2, -0.15) is 0 Å². The first-order valence-corrected chi connectivity index (χ1v) is 8.51. The molecule has 1 aliphatic heterocycles. The number of aromatic nitrogens is 2. The molecule has 2 amide bonds. The highest BCUT2D eigenvalue weighted by molar-refractivity contribution is 6.03. The summed E-state index contributed by atoms with van der Waals surface area (Å²) in [7, 11) is 0. The van der Waals surface area contributed by atoms with Crippen molar-refractivity contribution in [3.8, 4) is 0 Å². The van der Waals surface area contributed by atoms with E-state index >= 15 is 0 Å². The molecule has 8 heteroatoms. The van der Waals surface area contributed by atoms with Gasteiger partial charge in [-0.1, -0.05) is 0 Å². The molecular weight excluding hydrogens is 334 g/mol. The van der Waals surface area contributed by atoms with Crippen molar-refractivity contribution in [1.82, 2.24) is 14.9 Å². The highest BCUT2D eigenvalue weighted by Gasteiger charge is 2.22. The van der Waals surface area contributed by atoms with E-state index < -0.39 is 0 Å². The van der Waals surface area contributed by atoms with E-state index in [4.69, 9.17) is 4.74 Å². The molecule has 0 saturated carbocycles. The van der Waals surface area contributed by atoms with Crippen LogP contribution in [0.1, 0.15) is 17.3 Å². The Labute approximate surface area is 151 Å².